The molecule has 2 radical (unpaired) electrons. The molecule has 5 atom stereocenters. The molecule has 2 unspecified atom stereocenters. The van der Waals surface area contributed by atoms with E-state index in [0.717, 1.165) is 0 Å². The normalized spacial score (nSPS) is 44.8. The first kappa shape index (κ1) is 9.88. The summed E-state index contributed by atoms with van der Waals surface area (Å²) < 4.78 is 4.81. The van der Waals surface area contributed by atoms with Crippen LogP contribution in [0.1, 0.15) is 0 Å². The van der Waals surface area contributed by atoms with Gasteiger partial charge in [-0.1, -0.05) is 0 Å². The summed E-state index contributed by atoms with van der Waals surface area (Å²) >= 11 is 0. The lowest BCUT2D eigenvalue weighted by atomic mass is 10.1. The molecule has 4 N–H and O–H groups in total. The van der Waals surface area contributed by atoms with Crippen LogP contribution in [0.3, 0.4) is 0 Å². The van der Waals surface area contributed by atoms with Gasteiger partial charge in [0.2, 0.25) is 0 Å². The predicted octanol–water partition coefficient (Wildman–Crippen LogP) is -2.46. The molecule has 1 aliphatic rings. The number of aliphatic hydroxyl groups excluding tert-OH is 4. The molecule has 0 aromatic heterocycles. The van der Waals surface area contributed by atoms with Crippen LogP contribution in [0, 0.1) is 6.92 Å². The molecule has 5 nitrogen and oxygen atoms in total. The molecule has 0 amide bonds. The van der Waals surface area contributed by atoms with Gasteiger partial charge < -0.3 is 25.2 Å². The van der Waals surface area contributed by atoms with Crippen molar-refractivity contribution in [3.8, 4) is 0 Å². The van der Waals surface area contributed by atoms with E-state index >= 15 is 0 Å². The molecule has 1 saturated heterocycles. The van der Waals surface area contributed by atoms with Crippen molar-refractivity contribution < 1.29 is 25.2 Å². The average molecular weight is 176 g/mol. The first-order valence-electron chi connectivity index (χ1n) is 3.64. The van der Waals surface area contributed by atoms with Crippen LogP contribution in [0.2, 0.25) is 0 Å². The molecule has 0 spiro atoms. The Balaban J connectivity index is 2.58. The van der Waals surface area contributed by atoms with Crippen LogP contribution in [0.5, 0.6) is 0 Å². The summed E-state index contributed by atoms with van der Waals surface area (Å²) in [5.74, 6) is 0. The molecule has 1 aliphatic heterocycles. The molecule has 0 aliphatic carbocycles. The zero-order chi connectivity index (χ0) is 9.30. The van der Waals surface area contributed by atoms with Gasteiger partial charge >= 0.3 is 0 Å². The van der Waals surface area contributed by atoms with Gasteiger partial charge in [-0.25, -0.2) is 0 Å². The standard InChI is InChI=1S/C7H12O5/c1-3-5(10)6(11)7(12-3)4(9)2-8/h1,3-11H,2H2/t3-,4?,5?,6+,7-/m0/s1. The number of aliphatic hydroxyl groups is 4. The molecule has 1 rings (SSSR count). The molecule has 70 valence electrons. The zero-order valence-electron chi connectivity index (χ0n) is 6.37. The minimum atomic E-state index is -1.25. The van der Waals surface area contributed by atoms with E-state index in [1.54, 1.807) is 0 Å². The molecule has 1 heterocycles. The van der Waals surface area contributed by atoms with E-state index in [1.807, 2.05) is 0 Å². The highest BCUT2D eigenvalue weighted by Crippen LogP contribution is 2.22. The maximum atomic E-state index is 9.20. The summed E-state index contributed by atoms with van der Waals surface area (Å²) in [5, 5.41) is 35.9. The second-order valence-corrected chi connectivity index (χ2v) is 2.80. The van der Waals surface area contributed by atoms with Crippen LogP contribution in [0.25, 0.3) is 0 Å². The Bertz CT molecular complexity index is 151. The van der Waals surface area contributed by atoms with E-state index in [2.05, 4.69) is 0 Å². The fourth-order valence-electron chi connectivity index (χ4n) is 1.15. The fourth-order valence-corrected chi connectivity index (χ4v) is 1.15. The van der Waals surface area contributed by atoms with Gasteiger partial charge in [-0.05, 0) is 6.92 Å². The summed E-state index contributed by atoms with van der Waals surface area (Å²) in [4.78, 5) is 0. The Morgan fingerprint density at radius 2 is 1.92 bits per heavy atom. The fraction of sp³-hybridized carbons (Fsp3) is 0.857. The first-order chi connectivity index (χ1) is 5.57. The van der Waals surface area contributed by atoms with Crippen molar-refractivity contribution in [2.75, 3.05) is 6.61 Å². The van der Waals surface area contributed by atoms with E-state index < -0.39 is 37.1 Å². The number of rotatable bonds is 2. The van der Waals surface area contributed by atoms with Crippen molar-refractivity contribution in [2.45, 2.75) is 30.5 Å². The Kier molecular flexibility index (Phi) is 3.03. The van der Waals surface area contributed by atoms with Crippen molar-refractivity contribution in [3.05, 3.63) is 6.92 Å². The van der Waals surface area contributed by atoms with Crippen molar-refractivity contribution in [2.24, 2.45) is 0 Å². The quantitative estimate of drug-likeness (QED) is 0.374. The summed E-state index contributed by atoms with van der Waals surface area (Å²) in [7, 11) is 0. The van der Waals surface area contributed by atoms with Crippen LogP contribution >= 0.6 is 0 Å². The number of ether oxygens (including phenoxy) is 1. The lowest BCUT2D eigenvalue weighted by Crippen LogP contribution is -2.40. The monoisotopic (exact) mass is 176 g/mol. The first-order valence-corrected chi connectivity index (χ1v) is 3.64. The second-order valence-electron chi connectivity index (χ2n) is 2.80. The van der Waals surface area contributed by atoms with E-state index in [-0.39, 0.29) is 0 Å². The Morgan fingerprint density at radius 3 is 2.25 bits per heavy atom. The zero-order valence-corrected chi connectivity index (χ0v) is 6.37. The minimum absolute atomic E-state index is 0.541. The predicted molar refractivity (Wildman–Crippen MR) is 38.1 cm³/mol. The van der Waals surface area contributed by atoms with Crippen molar-refractivity contribution in [1.29, 1.82) is 0 Å². The van der Waals surface area contributed by atoms with Crippen LogP contribution in [0.4, 0.5) is 0 Å². The molecule has 1 fully saturated rings. The van der Waals surface area contributed by atoms with Crippen molar-refractivity contribution in [3.63, 3.8) is 0 Å². The van der Waals surface area contributed by atoms with Crippen LogP contribution in [-0.4, -0.2) is 57.6 Å². The molecule has 5 heteroatoms. The van der Waals surface area contributed by atoms with Crippen LogP contribution < -0.4 is 0 Å². The van der Waals surface area contributed by atoms with Gasteiger partial charge in [-0.3, -0.25) is 0 Å². The van der Waals surface area contributed by atoms with Gasteiger partial charge in [0, 0.05) is 0 Å². The average Bonchev–Trinajstić information content (AvgIpc) is 2.32. The summed E-state index contributed by atoms with van der Waals surface area (Å²) in [6.07, 6.45) is -5.70. The van der Waals surface area contributed by atoms with E-state index in [9.17, 15) is 5.11 Å². The Morgan fingerprint density at radius 1 is 1.33 bits per heavy atom. The molecule has 0 aromatic rings. The topological polar surface area (TPSA) is 90.2 Å². The second kappa shape index (κ2) is 3.68. The Labute approximate surface area is 70.2 Å². The van der Waals surface area contributed by atoms with E-state index in [4.69, 9.17) is 27.0 Å². The van der Waals surface area contributed by atoms with Crippen LogP contribution in [0.15, 0.2) is 0 Å². The highest BCUT2D eigenvalue weighted by atomic mass is 16.6. The lowest BCUT2D eigenvalue weighted by molar-refractivity contribution is -0.0755. The largest absolute Gasteiger partial charge is 0.394 e. The third-order valence-electron chi connectivity index (χ3n) is 1.90. The Hall–Kier alpha value is -0.200. The molecule has 0 aromatic carbocycles. The highest BCUT2D eigenvalue weighted by Gasteiger charge is 2.43. The maximum Gasteiger partial charge on any atom is 0.115 e. The van der Waals surface area contributed by atoms with Crippen molar-refractivity contribution in [1.82, 2.24) is 0 Å². The molecule has 12 heavy (non-hydrogen) atoms. The van der Waals surface area contributed by atoms with Crippen molar-refractivity contribution >= 4 is 0 Å². The summed E-state index contributed by atoms with van der Waals surface area (Å²) in [6.45, 7) is 4.69. The molecule has 0 saturated carbocycles. The highest BCUT2D eigenvalue weighted by molar-refractivity contribution is 4.94. The van der Waals surface area contributed by atoms with E-state index in [0.29, 0.717) is 0 Å². The van der Waals surface area contributed by atoms with Gasteiger partial charge in [0.25, 0.3) is 0 Å². The smallest absolute Gasteiger partial charge is 0.115 e. The van der Waals surface area contributed by atoms with Gasteiger partial charge in [0.15, 0.2) is 0 Å². The number of hydrogen-bond acceptors (Lipinski definition) is 5. The number of hydrogen-bond donors (Lipinski definition) is 4. The minimum Gasteiger partial charge on any atom is -0.394 e. The third-order valence-corrected chi connectivity index (χ3v) is 1.90. The SMILES string of the molecule is [CH][C@@H]1O[C@@H](C(O)CO)[C@H](O)C1O. The molecule has 0 bridgehead atoms. The summed E-state index contributed by atoms with van der Waals surface area (Å²) in [6, 6.07) is 0. The van der Waals surface area contributed by atoms with Gasteiger partial charge in [0.1, 0.15) is 24.4 Å². The van der Waals surface area contributed by atoms with Crippen LogP contribution in [-0.2, 0) is 4.74 Å². The van der Waals surface area contributed by atoms with Gasteiger partial charge in [-0.15, -0.1) is 0 Å². The third kappa shape index (κ3) is 1.60. The van der Waals surface area contributed by atoms with E-state index in [1.165, 1.54) is 0 Å². The molecular formula is C7H12O5. The maximum absolute atomic E-state index is 9.20. The van der Waals surface area contributed by atoms with Gasteiger partial charge in [-0.2, -0.15) is 0 Å². The lowest BCUT2D eigenvalue weighted by Gasteiger charge is -2.18. The molecular weight excluding hydrogens is 164 g/mol. The van der Waals surface area contributed by atoms with Gasteiger partial charge in [0.05, 0.1) is 12.7 Å². The summed E-state index contributed by atoms with van der Waals surface area (Å²) in [5.41, 5.74) is 0.